The second-order valence-corrected chi connectivity index (χ2v) is 9.10. The fraction of sp³-hybridized carbons (Fsp3) is 0.542. The molecule has 4 rings (SSSR count). The molecule has 1 atom stereocenters. The first-order chi connectivity index (χ1) is 17.2. The molecule has 0 saturated carbocycles. The molecule has 9 nitrogen and oxygen atoms in total. The van der Waals surface area contributed by atoms with Gasteiger partial charge in [0.2, 0.25) is 5.95 Å². The highest BCUT2D eigenvalue weighted by Gasteiger charge is 2.34. The van der Waals surface area contributed by atoms with Gasteiger partial charge >= 0.3 is 12.2 Å². The molecule has 196 valence electrons. The van der Waals surface area contributed by atoms with Crippen LogP contribution >= 0.6 is 0 Å². The van der Waals surface area contributed by atoms with Gasteiger partial charge in [-0.25, -0.2) is 9.78 Å². The van der Waals surface area contributed by atoms with Crippen molar-refractivity contribution in [2.24, 2.45) is 0 Å². The molecule has 1 aromatic carbocycles. The molecule has 2 aliphatic heterocycles. The first-order valence-corrected chi connectivity index (χ1v) is 12.2. The van der Waals surface area contributed by atoms with Gasteiger partial charge in [-0.15, -0.1) is 0 Å². The molecule has 2 aromatic rings. The molecule has 0 bridgehead atoms. The smallest absolute Gasteiger partial charge is 0.357 e. The second kappa shape index (κ2) is 11.3. The minimum Gasteiger partial charge on any atom is -0.357 e. The van der Waals surface area contributed by atoms with Crippen LogP contribution in [-0.2, 0) is 12.7 Å². The van der Waals surface area contributed by atoms with E-state index in [0.717, 1.165) is 44.6 Å². The first-order valence-electron chi connectivity index (χ1n) is 12.2. The second-order valence-electron chi connectivity index (χ2n) is 9.10. The Bertz CT molecular complexity index is 1040. The number of benzene rings is 1. The third-order valence-electron chi connectivity index (χ3n) is 6.69. The van der Waals surface area contributed by atoms with Gasteiger partial charge in [-0.3, -0.25) is 4.90 Å². The number of nitrogens with one attached hydrogen (secondary N) is 3. The summed E-state index contributed by atoms with van der Waals surface area (Å²) >= 11 is 0. The Morgan fingerprint density at radius 1 is 1.11 bits per heavy atom. The molecule has 0 unspecified atom stereocenters. The van der Waals surface area contributed by atoms with E-state index in [4.69, 9.17) is 0 Å². The van der Waals surface area contributed by atoms with Gasteiger partial charge in [-0.1, -0.05) is 13.0 Å². The number of amides is 2. The van der Waals surface area contributed by atoms with Gasteiger partial charge in [-0.05, 0) is 36.7 Å². The normalized spacial score (nSPS) is 19.4. The Balaban J connectivity index is 1.35. The number of likely N-dealkylation sites (N-methyl/N-ethyl adjacent to an activating group) is 1. The number of aromatic nitrogens is 2. The predicted molar refractivity (Wildman–Crippen MR) is 133 cm³/mol. The Morgan fingerprint density at radius 2 is 1.86 bits per heavy atom. The van der Waals surface area contributed by atoms with Crippen molar-refractivity contribution in [3.05, 3.63) is 41.6 Å². The molecule has 0 radical (unpaired) electrons. The zero-order valence-electron chi connectivity index (χ0n) is 20.6. The lowest BCUT2D eigenvalue weighted by atomic mass is 10.0. The number of piperazine rings is 1. The van der Waals surface area contributed by atoms with Crippen molar-refractivity contribution >= 4 is 23.5 Å². The molecular formula is C24H33F3N8O. The zero-order valence-corrected chi connectivity index (χ0v) is 20.6. The summed E-state index contributed by atoms with van der Waals surface area (Å²) in [6.07, 6.45) is -2.15. The van der Waals surface area contributed by atoms with Crippen LogP contribution in [-0.4, -0.2) is 84.7 Å². The maximum Gasteiger partial charge on any atom is 0.416 e. The Hall–Kier alpha value is -3.12. The van der Waals surface area contributed by atoms with E-state index < -0.39 is 17.8 Å². The van der Waals surface area contributed by atoms with Crippen molar-refractivity contribution in [3.8, 4) is 0 Å². The van der Waals surface area contributed by atoms with Crippen molar-refractivity contribution in [1.29, 1.82) is 0 Å². The summed E-state index contributed by atoms with van der Waals surface area (Å²) in [7, 11) is 1.74. The quantitative estimate of drug-likeness (QED) is 0.532. The summed E-state index contributed by atoms with van der Waals surface area (Å²) in [5, 5.41) is 8.33. The molecule has 0 spiro atoms. The minimum absolute atomic E-state index is 0.115. The van der Waals surface area contributed by atoms with E-state index in [1.807, 2.05) is 9.80 Å². The van der Waals surface area contributed by atoms with Crippen LogP contribution in [0.25, 0.3) is 0 Å². The molecule has 2 aliphatic rings. The minimum atomic E-state index is -4.51. The molecule has 2 amide bonds. The van der Waals surface area contributed by atoms with E-state index >= 15 is 0 Å². The van der Waals surface area contributed by atoms with E-state index in [1.165, 1.54) is 12.1 Å². The van der Waals surface area contributed by atoms with Crippen molar-refractivity contribution in [1.82, 2.24) is 25.1 Å². The van der Waals surface area contributed by atoms with Gasteiger partial charge in [0.1, 0.15) is 5.82 Å². The van der Waals surface area contributed by atoms with Gasteiger partial charge in [0, 0.05) is 70.8 Å². The zero-order chi connectivity index (χ0) is 25.7. The molecular weight excluding hydrogens is 473 g/mol. The fourth-order valence-corrected chi connectivity index (χ4v) is 4.65. The number of nitrogens with zero attached hydrogens (tertiary/aromatic N) is 5. The molecule has 2 fully saturated rings. The largest absolute Gasteiger partial charge is 0.416 e. The third-order valence-corrected chi connectivity index (χ3v) is 6.69. The highest BCUT2D eigenvalue weighted by atomic mass is 19.4. The summed E-state index contributed by atoms with van der Waals surface area (Å²) < 4.78 is 41.5. The van der Waals surface area contributed by atoms with Crippen LogP contribution in [0.4, 0.5) is 35.4 Å². The predicted octanol–water partition coefficient (Wildman–Crippen LogP) is 3.08. The average molecular weight is 507 g/mol. The number of hydrogen-bond acceptors (Lipinski definition) is 7. The van der Waals surface area contributed by atoms with Gasteiger partial charge < -0.3 is 25.8 Å². The highest BCUT2D eigenvalue weighted by Crippen LogP contribution is 2.34. The molecule has 3 N–H and O–H groups in total. The average Bonchev–Trinajstić information content (AvgIpc) is 3.33. The Morgan fingerprint density at radius 3 is 2.56 bits per heavy atom. The van der Waals surface area contributed by atoms with Gasteiger partial charge in [-0.2, -0.15) is 18.2 Å². The number of rotatable bonds is 7. The Kier molecular flexibility index (Phi) is 8.14. The molecule has 12 heteroatoms. The maximum atomic E-state index is 13.8. The lowest BCUT2D eigenvalue weighted by molar-refractivity contribution is -0.138. The van der Waals surface area contributed by atoms with E-state index in [-0.39, 0.29) is 23.8 Å². The van der Waals surface area contributed by atoms with Crippen LogP contribution in [0.15, 0.2) is 30.5 Å². The molecule has 3 heterocycles. The van der Waals surface area contributed by atoms with Crippen LogP contribution in [0.3, 0.4) is 0 Å². The monoisotopic (exact) mass is 506 g/mol. The van der Waals surface area contributed by atoms with Crippen LogP contribution in [0.5, 0.6) is 0 Å². The number of halogens is 3. The summed E-state index contributed by atoms with van der Waals surface area (Å²) in [5.41, 5.74) is -0.381. The topological polar surface area (TPSA) is 88.7 Å². The number of carbonyl (C=O) groups is 1. The number of anilines is 3. The van der Waals surface area contributed by atoms with E-state index in [2.05, 4.69) is 37.7 Å². The summed E-state index contributed by atoms with van der Waals surface area (Å²) in [4.78, 5) is 27.4. The van der Waals surface area contributed by atoms with Gasteiger partial charge in [0.25, 0.3) is 0 Å². The summed E-state index contributed by atoms with van der Waals surface area (Å²) in [5.74, 6) is 1.26. The lowest BCUT2D eigenvalue weighted by Crippen LogP contribution is -2.45. The van der Waals surface area contributed by atoms with Crippen LogP contribution < -0.4 is 20.9 Å². The standard InChI is InChI=1S/C24H33F3N8O/c1-3-33-10-12-34(13-11-33)15-17-4-5-18(14-20(17)24(25,26)27)30-23(36)31-19-7-9-35(16-19)21-6-8-29-22(28-2)32-21/h4-6,8,14,19H,3,7,9-13,15-16H2,1-2H3,(H,28,29,32)(H2,30,31,36)/t19-/m1/s1. The fourth-order valence-electron chi connectivity index (χ4n) is 4.65. The SMILES string of the molecule is CCN1CCN(Cc2ccc(NC(=O)N[C@@H]3CCN(c4ccnc(NC)n4)C3)cc2C(F)(F)F)CC1. The number of hydrogen-bond donors (Lipinski definition) is 3. The number of urea groups is 1. The van der Waals surface area contributed by atoms with Crippen LogP contribution in [0, 0.1) is 0 Å². The number of alkyl halides is 3. The van der Waals surface area contributed by atoms with Crippen molar-refractivity contribution in [3.63, 3.8) is 0 Å². The van der Waals surface area contributed by atoms with Gasteiger partial charge in [0.05, 0.1) is 5.56 Å². The van der Waals surface area contributed by atoms with Crippen LogP contribution in [0.2, 0.25) is 0 Å². The summed E-state index contributed by atoms with van der Waals surface area (Å²) in [6, 6.07) is 5.15. The first kappa shape index (κ1) is 26.0. The third kappa shape index (κ3) is 6.55. The maximum absolute atomic E-state index is 13.8. The molecule has 1 aromatic heterocycles. The lowest BCUT2D eigenvalue weighted by Gasteiger charge is -2.34. The molecule has 0 aliphatic carbocycles. The molecule has 2 saturated heterocycles. The summed E-state index contributed by atoms with van der Waals surface area (Å²) in [6.45, 7) is 7.68. The van der Waals surface area contributed by atoms with Crippen molar-refractivity contribution in [2.75, 3.05) is 68.4 Å². The van der Waals surface area contributed by atoms with E-state index in [0.29, 0.717) is 25.5 Å². The van der Waals surface area contributed by atoms with E-state index in [1.54, 1.807) is 19.3 Å². The molecule has 36 heavy (non-hydrogen) atoms. The van der Waals surface area contributed by atoms with Crippen molar-refractivity contribution < 1.29 is 18.0 Å². The van der Waals surface area contributed by atoms with E-state index in [9.17, 15) is 18.0 Å². The number of carbonyl (C=O) groups excluding carboxylic acids is 1. The van der Waals surface area contributed by atoms with Crippen LogP contribution in [0.1, 0.15) is 24.5 Å². The highest BCUT2D eigenvalue weighted by molar-refractivity contribution is 5.89. The Labute approximate surface area is 209 Å². The van der Waals surface area contributed by atoms with Gasteiger partial charge in [0.15, 0.2) is 0 Å². The van der Waals surface area contributed by atoms with Crippen molar-refractivity contribution in [2.45, 2.75) is 32.1 Å².